The van der Waals surface area contributed by atoms with Gasteiger partial charge in [-0.15, -0.1) is 0 Å². The highest BCUT2D eigenvalue weighted by molar-refractivity contribution is 6.30. The summed E-state index contributed by atoms with van der Waals surface area (Å²) < 4.78 is 0. The molecule has 0 aromatic heterocycles. The molecular formula is C17H24ClNO. The highest BCUT2D eigenvalue weighted by atomic mass is 35.5. The summed E-state index contributed by atoms with van der Waals surface area (Å²) >= 11 is 6.02. The molecule has 0 heterocycles. The van der Waals surface area contributed by atoms with Gasteiger partial charge in [0, 0.05) is 23.5 Å². The SMILES string of the molecule is CC1CCC(C=O)(CN(C)Cc2cccc(Cl)c2)CC1. The molecule has 0 spiro atoms. The van der Waals surface area contributed by atoms with Gasteiger partial charge in [0.2, 0.25) is 0 Å². The van der Waals surface area contributed by atoms with Crippen molar-refractivity contribution >= 4 is 17.9 Å². The van der Waals surface area contributed by atoms with Crippen molar-refractivity contribution in [1.82, 2.24) is 4.90 Å². The van der Waals surface area contributed by atoms with E-state index in [4.69, 9.17) is 11.6 Å². The number of nitrogens with zero attached hydrogens (tertiary/aromatic N) is 1. The molecule has 2 nitrogen and oxygen atoms in total. The molecule has 0 bridgehead atoms. The van der Waals surface area contributed by atoms with Crippen molar-refractivity contribution in [1.29, 1.82) is 0 Å². The molecule has 1 aromatic carbocycles. The van der Waals surface area contributed by atoms with E-state index in [0.717, 1.165) is 36.9 Å². The number of hydrogen-bond donors (Lipinski definition) is 0. The van der Waals surface area contributed by atoms with Crippen molar-refractivity contribution in [2.75, 3.05) is 13.6 Å². The fourth-order valence-corrected chi connectivity index (χ4v) is 3.40. The molecule has 2 rings (SSSR count). The number of hydrogen-bond acceptors (Lipinski definition) is 2. The minimum Gasteiger partial charge on any atom is -0.303 e. The van der Waals surface area contributed by atoms with Crippen molar-refractivity contribution in [2.24, 2.45) is 11.3 Å². The summed E-state index contributed by atoms with van der Waals surface area (Å²) in [6.07, 6.45) is 5.59. The van der Waals surface area contributed by atoms with Crippen LogP contribution in [0.4, 0.5) is 0 Å². The molecule has 0 aliphatic heterocycles. The smallest absolute Gasteiger partial charge is 0.127 e. The average molecular weight is 294 g/mol. The van der Waals surface area contributed by atoms with E-state index in [1.54, 1.807) is 0 Å². The van der Waals surface area contributed by atoms with Crippen LogP contribution in [0.5, 0.6) is 0 Å². The first-order valence-electron chi connectivity index (χ1n) is 7.42. The Labute approximate surface area is 127 Å². The van der Waals surface area contributed by atoms with Crippen LogP contribution in [-0.2, 0) is 11.3 Å². The zero-order valence-corrected chi connectivity index (χ0v) is 13.2. The molecule has 0 saturated heterocycles. The van der Waals surface area contributed by atoms with Crippen molar-refractivity contribution in [3.8, 4) is 0 Å². The van der Waals surface area contributed by atoms with Gasteiger partial charge < -0.3 is 9.69 Å². The summed E-state index contributed by atoms with van der Waals surface area (Å²) in [5.74, 6) is 0.765. The van der Waals surface area contributed by atoms with Crippen LogP contribution in [-0.4, -0.2) is 24.8 Å². The molecule has 1 aromatic rings. The van der Waals surface area contributed by atoms with Crippen molar-refractivity contribution < 1.29 is 4.79 Å². The van der Waals surface area contributed by atoms with Crippen LogP contribution < -0.4 is 0 Å². The van der Waals surface area contributed by atoms with Crippen LogP contribution >= 0.6 is 11.6 Å². The van der Waals surface area contributed by atoms with Gasteiger partial charge in [0.25, 0.3) is 0 Å². The molecule has 0 N–H and O–H groups in total. The maximum atomic E-state index is 11.6. The third-order valence-corrected chi connectivity index (χ3v) is 4.68. The first-order valence-corrected chi connectivity index (χ1v) is 7.80. The zero-order chi connectivity index (χ0) is 14.6. The molecular weight excluding hydrogens is 270 g/mol. The number of carbonyl (C=O) groups is 1. The van der Waals surface area contributed by atoms with Gasteiger partial charge in [0.05, 0.1) is 0 Å². The molecule has 1 aliphatic rings. The van der Waals surface area contributed by atoms with Crippen LogP contribution in [0, 0.1) is 11.3 Å². The minimum absolute atomic E-state index is 0.139. The lowest BCUT2D eigenvalue weighted by Gasteiger charge is -2.37. The molecule has 1 fully saturated rings. The van der Waals surface area contributed by atoms with E-state index in [0.29, 0.717) is 0 Å². The highest BCUT2D eigenvalue weighted by Crippen LogP contribution is 2.37. The van der Waals surface area contributed by atoms with Gasteiger partial charge in [-0.1, -0.05) is 30.7 Å². The Bertz CT molecular complexity index is 452. The Morgan fingerprint density at radius 2 is 2.10 bits per heavy atom. The second-order valence-electron chi connectivity index (χ2n) is 6.46. The molecule has 3 heteroatoms. The van der Waals surface area contributed by atoms with Crippen molar-refractivity contribution in [3.05, 3.63) is 34.9 Å². The van der Waals surface area contributed by atoms with Crippen LogP contribution in [0.15, 0.2) is 24.3 Å². The van der Waals surface area contributed by atoms with Crippen LogP contribution in [0.3, 0.4) is 0 Å². The van der Waals surface area contributed by atoms with Crippen LogP contribution in [0.1, 0.15) is 38.2 Å². The maximum Gasteiger partial charge on any atom is 0.127 e. The summed E-state index contributed by atoms with van der Waals surface area (Å²) in [5, 5.41) is 0.771. The fourth-order valence-electron chi connectivity index (χ4n) is 3.19. The molecule has 1 saturated carbocycles. The quantitative estimate of drug-likeness (QED) is 0.760. The molecule has 1 aliphatic carbocycles. The van der Waals surface area contributed by atoms with E-state index in [9.17, 15) is 4.79 Å². The summed E-state index contributed by atoms with van der Waals surface area (Å²) in [7, 11) is 2.09. The van der Waals surface area contributed by atoms with Crippen LogP contribution in [0.25, 0.3) is 0 Å². The Kier molecular flexibility index (Phi) is 5.22. The van der Waals surface area contributed by atoms with Crippen LogP contribution in [0.2, 0.25) is 5.02 Å². The number of rotatable bonds is 5. The van der Waals surface area contributed by atoms with E-state index in [1.165, 1.54) is 24.7 Å². The highest BCUT2D eigenvalue weighted by Gasteiger charge is 2.34. The topological polar surface area (TPSA) is 20.3 Å². The van der Waals surface area contributed by atoms with E-state index < -0.39 is 0 Å². The Morgan fingerprint density at radius 1 is 1.40 bits per heavy atom. The van der Waals surface area contributed by atoms with Gasteiger partial charge in [-0.2, -0.15) is 0 Å². The van der Waals surface area contributed by atoms with Gasteiger partial charge in [0.15, 0.2) is 0 Å². The Balaban J connectivity index is 1.95. The lowest BCUT2D eigenvalue weighted by atomic mass is 9.71. The van der Waals surface area contributed by atoms with Gasteiger partial charge in [0.1, 0.15) is 6.29 Å². The number of halogens is 1. The third kappa shape index (κ3) is 4.07. The fraction of sp³-hybridized carbons (Fsp3) is 0.588. The van der Waals surface area contributed by atoms with Crippen molar-refractivity contribution in [3.63, 3.8) is 0 Å². The molecule has 0 amide bonds. The van der Waals surface area contributed by atoms with Gasteiger partial charge in [-0.05, 0) is 56.3 Å². The standard InChI is InChI=1S/C17H24ClNO/c1-14-6-8-17(13-20,9-7-14)12-19(2)11-15-4-3-5-16(18)10-15/h3-5,10,13-14H,6-9,11-12H2,1-2H3. The van der Waals surface area contributed by atoms with Crippen molar-refractivity contribution in [2.45, 2.75) is 39.2 Å². The zero-order valence-electron chi connectivity index (χ0n) is 12.4. The lowest BCUT2D eigenvalue weighted by Crippen LogP contribution is -2.39. The Hall–Kier alpha value is -0.860. The molecule has 0 radical (unpaired) electrons. The maximum absolute atomic E-state index is 11.6. The van der Waals surface area contributed by atoms with Gasteiger partial charge in [-0.3, -0.25) is 0 Å². The second-order valence-corrected chi connectivity index (χ2v) is 6.90. The average Bonchev–Trinajstić information content (AvgIpc) is 2.41. The molecule has 0 unspecified atom stereocenters. The normalized spacial score (nSPS) is 26.7. The number of benzene rings is 1. The summed E-state index contributed by atoms with van der Waals surface area (Å²) in [5.41, 5.74) is 1.06. The third-order valence-electron chi connectivity index (χ3n) is 4.45. The molecule has 20 heavy (non-hydrogen) atoms. The predicted molar refractivity (Wildman–Crippen MR) is 83.9 cm³/mol. The second kappa shape index (κ2) is 6.73. The predicted octanol–water partition coefficient (Wildman–Crippen LogP) is 4.17. The van der Waals surface area contributed by atoms with E-state index in [-0.39, 0.29) is 5.41 Å². The first-order chi connectivity index (χ1) is 9.53. The molecule has 110 valence electrons. The summed E-state index contributed by atoms with van der Waals surface area (Å²) in [6.45, 7) is 3.96. The van der Waals surface area contributed by atoms with Gasteiger partial charge >= 0.3 is 0 Å². The molecule has 0 atom stereocenters. The number of aldehydes is 1. The lowest BCUT2D eigenvalue weighted by molar-refractivity contribution is -0.119. The van der Waals surface area contributed by atoms with E-state index in [2.05, 4.69) is 24.9 Å². The van der Waals surface area contributed by atoms with Gasteiger partial charge in [-0.25, -0.2) is 0 Å². The number of carbonyl (C=O) groups excluding carboxylic acids is 1. The van der Waals surface area contributed by atoms with E-state index in [1.807, 2.05) is 18.2 Å². The summed E-state index contributed by atoms with van der Waals surface area (Å²) in [6, 6.07) is 7.94. The first kappa shape index (κ1) is 15.5. The largest absolute Gasteiger partial charge is 0.303 e. The minimum atomic E-state index is -0.139. The van der Waals surface area contributed by atoms with E-state index >= 15 is 0 Å². The summed E-state index contributed by atoms with van der Waals surface area (Å²) in [4.78, 5) is 13.8. The monoisotopic (exact) mass is 293 g/mol. The Morgan fingerprint density at radius 3 is 2.70 bits per heavy atom.